The number of anilines is 3. The number of carbonyl (C=O) groups is 1. The maximum absolute atomic E-state index is 13.3. The van der Waals surface area contributed by atoms with Crippen LogP contribution in [0.5, 0.6) is 0 Å². The number of aromatic nitrogens is 4. The van der Waals surface area contributed by atoms with Gasteiger partial charge in [0.05, 0.1) is 25.4 Å². The van der Waals surface area contributed by atoms with E-state index >= 15 is 0 Å². The van der Waals surface area contributed by atoms with Crippen molar-refractivity contribution in [2.75, 3.05) is 36.2 Å². The summed E-state index contributed by atoms with van der Waals surface area (Å²) in [5.74, 6) is 0.589. The number of alkyl halides is 3. The van der Waals surface area contributed by atoms with Gasteiger partial charge in [-0.2, -0.15) is 13.2 Å². The van der Waals surface area contributed by atoms with Crippen molar-refractivity contribution in [3.8, 4) is 5.69 Å². The van der Waals surface area contributed by atoms with Gasteiger partial charge in [0.25, 0.3) is 0 Å². The van der Waals surface area contributed by atoms with E-state index in [1.807, 2.05) is 0 Å². The Bertz CT molecular complexity index is 1360. The van der Waals surface area contributed by atoms with E-state index in [4.69, 9.17) is 9.84 Å². The number of urea groups is 1. The lowest BCUT2D eigenvalue weighted by Gasteiger charge is -2.14. The molecule has 10 nitrogen and oxygen atoms in total. The summed E-state index contributed by atoms with van der Waals surface area (Å²) in [6.45, 7) is -0.424. The number of rotatable bonds is 8. The minimum atomic E-state index is -4.61. The minimum Gasteiger partial charge on any atom is -0.394 e. The van der Waals surface area contributed by atoms with Crippen molar-refractivity contribution in [3.05, 3.63) is 66.2 Å². The fourth-order valence-electron chi connectivity index (χ4n) is 3.47. The van der Waals surface area contributed by atoms with E-state index in [1.165, 1.54) is 12.4 Å². The highest BCUT2D eigenvalue weighted by Gasteiger charge is 2.31. The van der Waals surface area contributed by atoms with E-state index < -0.39 is 17.8 Å². The molecule has 0 aliphatic heterocycles. The van der Waals surface area contributed by atoms with Gasteiger partial charge in [-0.15, -0.1) is 0 Å². The molecule has 0 aliphatic rings. The van der Waals surface area contributed by atoms with Gasteiger partial charge in [0.15, 0.2) is 17.0 Å². The molecule has 4 aromatic rings. The first-order valence-electron chi connectivity index (χ1n) is 10.7. The number of hydrogen-bond donors (Lipinski definition) is 4. The van der Waals surface area contributed by atoms with Crippen molar-refractivity contribution in [1.82, 2.24) is 19.5 Å². The zero-order valence-corrected chi connectivity index (χ0v) is 19.0. The third kappa shape index (κ3) is 5.70. The van der Waals surface area contributed by atoms with Gasteiger partial charge in [0.1, 0.15) is 12.7 Å². The van der Waals surface area contributed by atoms with Crippen molar-refractivity contribution in [1.29, 1.82) is 0 Å². The van der Waals surface area contributed by atoms with Crippen molar-refractivity contribution in [2.24, 2.45) is 0 Å². The largest absolute Gasteiger partial charge is 0.416 e. The van der Waals surface area contributed by atoms with E-state index in [-0.39, 0.29) is 31.1 Å². The normalized spacial score (nSPS) is 11.5. The minimum absolute atomic E-state index is 0.0199. The van der Waals surface area contributed by atoms with Crippen LogP contribution in [0.25, 0.3) is 16.9 Å². The van der Waals surface area contributed by atoms with Crippen LogP contribution in [0.15, 0.2) is 55.1 Å². The first-order valence-corrected chi connectivity index (χ1v) is 10.7. The number of ether oxygens (including phenoxy) is 1. The molecule has 0 saturated carbocycles. The molecule has 2 heterocycles. The summed E-state index contributed by atoms with van der Waals surface area (Å²) in [4.78, 5) is 25.2. The number of carbonyl (C=O) groups excluding carboxylic acids is 1. The molecule has 0 saturated heterocycles. The van der Waals surface area contributed by atoms with Crippen LogP contribution in [-0.2, 0) is 17.5 Å². The van der Waals surface area contributed by atoms with Crippen molar-refractivity contribution in [2.45, 2.75) is 12.8 Å². The first kappa shape index (κ1) is 24.9. The molecule has 0 bridgehead atoms. The molecule has 2 aromatic heterocycles. The average Bonchev–Trinajstić information content (AvgIpc) is 3.28. The SMILES string of the molecule is CNc1ncnc2c1ncn2-c1ccc(NC(=O)Nc2cc(COCCO)cc(C(F)(F)F)c2)cc1. The number of fused-ring (bicyclic) bond motifs is 1. The quantitative estimate of drug-likeness (QED) is 0.269. The molecule has 36 heavy (non-hydrogen) atoms. The zero-order chi connectivity index (χ0) is 25.7. The van der Waals surface area contributed by atoms with Gasteiger partial charge in [-0.3, -0.25) is 4.57 Å². The molecule has 4 N–H and O–H groups in total. The number of nitrogens with zero attached hydrogens (tertiary/aromatic N) is 4. The van der Waals surface area contributed by atoms with Crippen LogP contribution >= 0.6 is 0 Å². The van der Waals surface area contributed by atoms with E-state index in [2.05, 4.69) is 30.9 Å². The number of aliphatic hydroxyl groups excluding tert-OH is 1. The van der Waals surface area contributed by atoms with Crippen LogP contribution in [0.2, 0.25) is 0 Å². The Hall–Kier alpha value is -4.23. The number of benzene rings is 2. The molecule has 2 amide bonds. The van der Waals surface area contributed by atoms with Crippen LogP contribution < -0.4 is 16.0 Å². The molecule has 0 atom stereocenters. The lowest BCUT2D eigenvalue weighted by Crippen LogP contribution is -2.20. The Labute approximate surface area is 203 Å². The number of hydrogen-bond acceptors (Lipinski definition) is 7. The summed E-state index contributed by atoms with van der Waals surface area (Å²) >= 11 is 0. The second-order valence-electron chi connectivity index (χ2n) is 7.58. The first-order chi connectivity index (χ1) is 17.3. The second-order valence-corrected chi connectivity index (χ2v) is 7.58. The van der Waals surface area contributed by atoms with Crippen molar-refractivity contribution < 1.29 is 27.8 Å². The van der Waals surface area contributed by atoms with Crippen LogP contribution in [0.3, 0.4) is 0 Å². The third-order valence-electron chi connectivity index (χ3n) is 5.06. The van der Waals surface area contributed by atoms with E-state index in [0.29, 0.717) is 22.7 Å². The lowest BCUT2D eigenvalue weighted by atomic mass is 10.1. The van der Waals surface area contributed by atoms with Gasteiger partial charge in [0, 0.05) is 24.1 Å². The summed E-state index contributed by atoms with van der Waals surface area (Å²) in [7, 11) is 1.73. The molecule has 188 valence electrons. The Kier molecular flexibility index (Phi) is 7.31. The smallest absolute Gasteiger partial charge is 0.394 e. The molecule has 0 aliphatic carbocycles. The lowest BCUT2D eigenvalue weighted by molar-refractivity contribution is -0.137. The van der Waals surface area contributed by atoms with Crippen molar-refractivity contribution >= 4 is 34.4 Å². The van der Waals surface area contributed by atoms with Gasteiger partial charge in [-0.25, -0.2) is 19.7 Å². The molecular formula is C23H22F3N7O3. The van der Waals surface area contributed by atoms with Crippen LogP contribution in [0.4, 0.5) is 35.2 Å². The highest BCUT2D eigenvalue weighted by molar-refractivity contribution is 6.00. The van der Waals surface area contributed by atoms with Gasteiger partial charge >= 0.3 is 12.2 Å². The molecule has 13 heteroatoms. The summed E-state index contributed by atoms with van der Waals surface area (Å²) in [5, 5.41) is 16.8. The predicted molar refractivity (Wildman–Crippen MR) is 127 cm³/mol. The Balaban J connectivity index is 1.47. The third-order valence-corrected chi connectivity index (χ3v) is 5.06. The number of nitrogens with one attached hydrogen (secondary N) is 3. The Morgan fingerprint density at radius 1 is 1.06 bits per heavy atom. The maximum Gasteiger partial charge on any atom is 0.416 e. The summed E-state index contributed by atoms with van der Waals surface area (Å²) < 4.78 is 46.7. The average molecular weight is 501 g/mol. The molecular weight excluding hydrogens is 479 g/mol. The highest BCUT2D eigenvalue weighted by atomic mass is 19.4. The highest BCUT2D eigenvalue weighted by Crippen LogP contribution is 2.32. The predicted octanol–water partition coefficient (Wildman–Crippen LogP) is 4.03. The van der Waals surface area contributed by atoms with Crippen LogP contribution in [-0.4, -0.2) is 50.9 Å². The van der Waals surface area contributed by atoms with Crippen LogP contribution in [0, 0.1) is 0 Å². The van der Waals surface area contributed by atoms with E-state index in [0.717, 1.165) is 17.8 Å². The number of amides is 2. The fourth-order valence-corrected chi connectivity index (χ4v) is 3.47. The topological polar surface area (TPSA) is 126 Å². The Morgan fingerprint density at radius 2 is 1.81 bits per heavy atom. The van der Waals surface area contributed by atoms with Gasteiger partial charge in [-0.05, 0) is 48.0 Å². The molecule has 0 spiro atoms. The summed E-state index contributed by atoms with van der Waals surface area (Å²) in [6.07, 6.45) is -1.58. The van der Waals surface area contributed by atoms with Gasteiger partial charge in [-0.1, -0.05) is 0 Å². The number of aliphatic hydroxyl groups is 1. The molecule has 4 rings (SSSR count). The molecule has 0 fully saturated rings. The van der Waals surface area contributed by atoms with Crippen LogP contribution in [0.1, 0.15) is 11.1 Å². The van der Waals surface area contributed by atoms with Gasteiger partial charge < -0.3 is 25.8 Å². The maximum atomic E-state index is 13.3. The van der Waals surface area contributed by atoms with Crippen molar-refractivity contribution in [3.63, 3.8) is 0 Å². The molecule has 2 aromatic carbocycles. The molecule has 0 radical (unpaired) electrons. The number of imidazole rings is 1. The Morgan fingerprint density at radius 3 is 2.50 bits per heavy atom. The monoisotopic (exact) mass is 501 g/mol. The summed E-state index contributed by atoms with van der Waals surface area (Å²) in [5.41, 5.74) is 1.58. The zero-order valence-electron chi connectivity index (χ0n) is 19.0. The van der Waals surface area contributed by atoms with E-state index in [9.17, 15) is 18.0 Å². The fraction of sp³-hybridized carbons (Fsp3) is 0.217. The standard InChI is InChI=1S/C23H22F3N7O3/c1-27-20-19-21(29-12-28-20)33(13-30-19)18-4-2-16(3-5-18)31-22(35)32-17-9-14(11-36-7-6-34)8-15(10-17)23(24,25)26/h2-5,8-10,12-13,34H,6-7,11H2,1H3,(H,27,28,29)(H2,31,32,35). The molecule has 0 unspecified atom stereocenters. The van der Waals surface area contributed by atoms with Gasteiger partial charge in [0.2, 0.25) is 0 Å². The van der Waals surface area contributed by atoms with E-state index in [1.54, 1.807) is 42.2 Å². The summed E-state index contributed by atoms with van der Waals surface area (Å²) in [6, 6.07) is 9.18. The second kappa shape index (κ2) is 10.6. The number of halogens is 3.